The van der Waals surface area contributed by atoms with Crippen LogP contribution in [0.3, 0.4) is 0 Å². The number of hydrogen-bond donors (Lipinski definition) is 1. The van der Waals surface area contributed by atoms with Gasteiger partial charge in [0.15, 0.2) is 5.78 Å². The molecule has 24 heavy (non-hydrogen) atoms. The number of carbonyl (C=O) groups excluding carboxylic acids is 2. The molecule has 0 bridgehead atoms. The average Bonchev–Trinajstić information content (AvgIpc) is 3.00. The third kappa shape index (κ3) is 4.46. The Morgan fingerprint density at radius 2 is 1.83 bits per heavy atom. The van der Waals surface area contributed by atoms with Crippen molar-refractivity contribution in [2.45, 2.75) is 46.5 Å². The number of hydrogen-bond acceptors (Lipinski definition) is 3. The number of benzene rings is 1. The van der Waals surface area contributed by atoms with Crippen LogP contribution in [0.15, 0.2) is 24.3 Å². The first-order chi connectivity index (χ1) is 11.5. The normalized spacial score (nSPS) is 10.7. The van der Waals surface area contributed by atoms with Crippen LogP contribution in [-0.2, 0) is 17.6 Å². The van der Waals surface area contributed by atoms with Crippen molar-refractivity contribution >= 4 is 40.3 Å². The number of thiophene rings is 1. The summed E-state index contributed by atoms with van der Waals surface area (Å²) in [6.45, 7) is 6.02. The van der Waals surface area contributed by atoms with Crippen LogP contribution in [0.5, 0.6) is 0 Å². The fourth-order valence-corrected chi connectivity index (χ4v) is 3.73. The molecular formula is C19H22ClNO2S. The van der Waals surface area contributed by atoms with Gasteiger partial charge in [0.05, 0.1) is 4.88 Å². The predicted octanol–water partition coefficient (Wildman–Crippen LogP) is 5.44. The Morgan fingerprint density at radius 3 is 2.42 bits per heavy atom. The summed E-state index contributed by atoms with van der Waals surface area (Å²) in [4.78, 5) is 26.2. The van der Waals surface area contributed by atoms with Crippen LogP contribution in [0.4, 0.5) is 5.69 Å². The monoisotopic (exact) mass is 363 g/mol. The maximum Gasteiger partial charge on any atom is 0.224 e. The van der Waals surface area contributed by atoms with Crippen LogP contribution in [-0.4, -0.2) is 11.7 Å². The molecule has 1 aromatic heterocycles. The highest BCUT2D eigenvalue weighted by atomic mass is 35.5. The van der Waals surface area contributed by atoms with Gasteiger partial charge < -0.3 is 5.32 Å². The van der Waals surface area contributed by atoms with E-state index in [1.54, 1.807) is 0 Å². The van der Waals surface area contributed by atoms with Gasteiger partial charge in [-0.2, -0.15) is 0 Å². The number of halogens is 1. The molecule has 1 N–H and O–H groups in total. The van der Waals surface area contributed by atoms with Gasteiger partial charge in [0.1, 0.15) is 0 Å². The van der Waals surface area contributed by atoms with Gasteiger partial charge in [0.2, 0.25) is 5.91 Å². The van der Waals surface area contributed by atoms with Gasteiger partial charge in [-0.3, -0.25) is 9.59 Å². The minimum Gasteiger partial charge on any atom is -0.326 e. The van der Waals surface area contributed by atoms with Crippen LogP contribution in [0.2, 0.25) is 5.02 Å². The van der Waals surface area contributed by atoms with E-state index in [0.29, 0.717) is 9.90 Å². The molecule has 1 aromatic carbocycles. The molecule has 3 nitrogen and oxygen atoms in total. The molecule has 0 aliphatic heterocycles. The molecule has 5 heteroatoms. The SMILES string of the molecule is CCc1ccc(Cl)c(CC)c1NC(=O)CCC(=O)c1ccc(C)s1. The van der Waals surface area contributed by atoms with E-state index >= 15 is 0 Å². The first-order valence-electron chi connectivity index (χ1n) is 8.16. The van der Waals surface area contributed by atoms with E-state index in [1.165, 1.54) is 11.3 Å². The van der Waals surface area contributed by atoms with E-state index in [0.717, 1.165) is 34.5 Å². The first kappa shape index (κ1) is 18.7. The van der Waals surface area contributed by atoms with E-state index in [9.17, 15) is 9.59 Å². The lowest BCUT2D eigenvalue weighted by atomic mass is 10.0. The Morgan fingerprint density at radius 1 is 1.08 bits per heavy atom. The summed E-state index contributed by atoms with van der Waals surface area (Å²) >= 11 is 7.71. The van der Waals surface area contributed by atoms with Gasteiger partial charge in [0, 0.05) is 28.4 Å². The summed E-state index contributed by atoms with van der Waals surface area (Å²) in [7, 11) is 0. The summed E-state index contributed by atoms with van der Waals surface area (Å²) in [5, 5.41) is 3.62. The second-order valence-corrected chi connectivity index (χ2v) is 7.34. The molecule has 128 valence electrons. The summed E-state index contributed by atoms with van der Waals surface area (Å²) in [6, 6.07) is 7.56. The van der Waals surface area contributed by atoms with E-state index in [-0.39, 0.29) is 24.5 Å². The molecule has 0 aliphatic rings. The van der Waals surface area contributed by atoms with Crippen molar-refractivity contribution < 1.29 is 9.59 Å². The summed E-state index contributed by atoms with van der Waals surface area (Å²) in [5.41, 5.74) is 2.81. The lowest BCUT2D eigenvalue weighted by molar-refractivity contribution is -0.116. The smallest absolute Gasteiger partial charge is 0.224 e. The number of aryl methyl sites for hydroxylation is 2. The molecule has 1 heterocycles. The zero-order valence-electron chi connectivity index (χ0n) is 14.2. The number of nitrogens with one attached hydrogen (secondary N) is 1. The van der Waals surface area contributed by atoms with Crippen LogP contribution in [0.1, 0.15) is 52.4 Å². The molecular weight excluding hydrogens is 342 g/mol. The predicted molar refractivity (Wildman–Crippen MR) is 101 cm³/mol. The third-order valence-corrected chi connectivity index (χ3v) is 5.33. The first-order valence-corrected chi connectivity index (χ1v) is 9.35. The molecule has 0 radical (unpaired) electrons. The number of Topliss-reactive ketones (excluding diaryl/α,β-unsaturated/α-hetero) is 1. The molecule has 2 aromatic rings. The summed E-state index contributed by atoms with van der Waals surface area (Å²) in [5.74, 6) is -0.135. The van der Waals surface area contributed by atoms with Crippen LogP contribution in [0.25, 0.3) is 0 Å². The lowest BCUT2D eigenvalue weighted by Crippen LogP contribution is -2.16. The fraction of sp³-hybridized carbons (Fsp3) is 0.368. The van der Waals surface area contributed by atoms with E-state index < -0.39 is 0 Å². The lowest BCUT2D eigenvalue weighted by Gasteiger charge is -2.15. The molecule has 0 aliphatic carbocycles. The van der Waals surface area contributed by atoms with Crippen molar-refractivity contribution in [3.05, 3.63) is 50.2 Å². The molecule has 0 atom stereocenters. The molecule has 0 saturated carbocycles. The van der Waals surface area contributed by atoms with Crippen molar-refractivity contribution in [1.29, 1.82) is 0 Å². The second kappa shape index (κ2) is 8.45. The number of rotatable bonds is 7. The second-order valence-electron chi connectivity index (χ2n) is 5.65. The topological polar surface area (TPSA) is 46.2 Å². The maximum absolute atomic E-state index is 12.3. The molecule has 0 saturated heterocycles. The average molecular weight is 364 g/mol. The van der Waals surface area contributed by atoms with Crippen LogP contribution >= 0.6 is 22.9 Å². The van der Waals surface area contributed by atoms with Crippen LogP contribution < -0.4 is 5.32 Å². The summed E-state index contributed by atoms with van der Waals surface area (Å²) in [6.07, 6.45) is 1.95. The van der Waals surface area contributed by atoms with Crippen molar-refractivity contribution in [3.63, 3.8) is 0 Å². The number of ketones is 1. The summed E-state index contributed by atoms with van der Waals surface area (Å²) < 4.78 is 0. The maximum atomic E-state index is 12.3. The Balaban J connectivity index is 2.04. The molecule has 1 amide bonds. The highest BCUT2D eigenvalue weighted by Gasteiger charge is 2.15. The quantitative estimate of drug-likeness (QED) is 0.666. The van der Waals surface area contributed by atoms with Gasteiger partial charge in [-0.15, -0.1) is 11.3 Å². The minimum atomic E-state index is -0.150. The van der Waals surface area contributed by atoms with Crippen molar-refractivity contribution in [1.82, 2.24) is 0 Å². The zero-order valence-corrected chi connectivity index (χ0v) is 15.8. The number of anilines is 1. The number of carbonyl (C=O) groups is 2. The largest absolute Gasteiger partial charge is 0.326 e. The minimum absolute atomic E-state index is 0.0146. The van der Waals surface area contributed by atoms with Crippen LogP contribution in [0, 0.1) is 6.92 Å². The van der Waals surface area contributed by atoms with Gasteiger partial charge in [-0.05, 0) is 49.1 Å². The van der Waals surface area contributed by atoms with Crippen molar-refractivity contribution in [2.75, 3.05) is 5.32 Å². The van der Waals surface area contributed by atoms with Crippen molar-refractivity contribution in [2.24, 2.45) is 0 Å². The number of amides is 1. The Kier molecular flexibility index (Phi) is 6.58. The molecule has 0 unspecified atom stereocenters. The Bertz CT molecular complexity index is 752. The highest BCUT2D eigenvalue weighted by Crippen LogP contribution is 2.29. The van der Waals surface area contributed by atoms with Gasteiger partial charge in [-0.25, -0.2) is 0 Å². The van der Waals surface area contributed by atoms with Crippen molar-refractivity contribution in [3.8, 4) is 0 Å². The van der Waals surface area contributed by atoms with Gasteiger partial charge in [-0.1, -0.05) is 31.5 Å². The standard InChI is InChI=1S/C19H22ClNO2S/c1-4-13-7-8-15(20)14(5-2)19(13)21-18(23)11-9-16(22)17-10-6-12(3)24-17/h6-8,10H,4-5,9,11H2,1-3H3,(H,21,23). The Hall–Kier alpha value is -1.65. The zero-order chi connectivity index (χ0) is 17.7. The fourth-order valence-electron chi connectivity index (χ4n) is 2.60. The highest BCUT2D eigenvalue weighted by molar-refractivity contribution is 7.14. The van der Waals surface area contributed by atoms with Gasteiger partial charge in [0.25, 0.3) is 0 Å². The van der Waals surface area contributed by atoms with E-state index in [2.05, 4.69) is 5.32 Å². The van der Waals surface area contributed by atoms with E-state index in [1.807, 2.05) is 45.0 Å². The molecule has 2 rings (SSSR count). The Labute approximate surface area is 152 Å². The van der Waals surface area contributed by atoms with Gasteiger partial charge >= 0.3 is 0 Å². The molecule has 0 fully saturated rings. The molecule has 0 spiro atoms. The van der Waals surface area contributed by atoms with E-state index in [4.69, 9.17) is 11.6 Å². The third-order valence-electron chi connectivity index (χ3n) is 3.94.